The summed E-state index contributed by atoms with van der Waals surface area (Å²) in [6.07, 6.45) is 3.72. The zero-order valence-electron chi connectivity index (χ0n) is 21.2. The number of carbonyl (C=O) groups is 2. The number of nitrogens with zero attached hydrogens (tertiary/aromatic N) is 5. The maximum Gasteiger partial charge on any atom is 0.261 e. The molecule has 10 heteroatoms. The van der Waals surface area contributed by atoms with Crippen molar-refractivity contribution in [3.63, 3.8) is 0 Å². The molecule has 0 spiro atoms. The van der Waals surface area contributed by atoms with Crippen LogP contribution in [-0.4, -0.2) is 42.9 Å². The first kappa shape index (κ1) is 22.9. The van der Waals surface area contributed by atoms with Crippen LogP contribution in [0.2, 0.25) is 0 Å². The van der Waals surface area contributed by atoms with E-state index in [0.29, 0.717) is 35.9 Å². The summed E-state index contributed by atoms with van der Waals surface area (Å²) in [6, 6.07) is 9.58. The van der Waals surface area contributed by atoms with Gasteiger partial charge in [0.15, 0.2) is 0 Å². The molecular formula is C28H25N7O2S. The Bertz CT molecular complexity index is 1820. The van der Waals surface area contributed by atoms with Crippen LogP contribution in [-0.2, 0) is 28.1 Å². The Labute approximate surface area is 222 Å². The zero-order valence-corrected chi connectivity index (χ0v) is 22.0. The van der Waals surface area contributed by atoms with Crippen LogP contribution in [0.3, 0.4) is 0 Å². The van der Waals surface area contributed by atoms with Crippen molar-refractivity contribution in [2.24, 2.45) is 0 Å². The number of hydrogen-bond acceptors (Lipinski definition) is 7. The Kier molecular flexibility index (Phi) is 4.87. The van der Waals surface area contributed by atoms with Crippen molar-refractivity contribution < 1.29 is 9.59 Å². The van der Waals surface area contributed by atoms with Crippen LogP contribution < -0.4 is 10.2 Å². The van der Waals surface area contributed by atoms with E-state index < -0.39 is 11.8 Å². The second-order valence-corrected chi connectivity index (χ2v) is 11.6. The molecule has 4 aromatic heterocycles. The van der Waals surface area contributed by atoms with Gasteiger partial charge in [-0.25, -0.2) is 15.0 Å². The summed E-state index contributed by atoms with van der Waals surface area (Å²) in [4.78, 5) is 46.2. The van der Waals surface area contributed by atoms with Crippen molar-refractivity contribution >= 4 is 61.4 Å². The summed E-state index contributed by atoms with van der Waals surface area (Å²) in [5, 5.41) is 5.20. The van der Waals surface area contributed by atoms with E-state index in [0.717, 1.165) is 39.2 Å². The summed E-state index contributed by atoms with van der Waals surface area (Å²) in [5.41, 5.74) is 4.48. The first-order valence-electron chi connectivity index (χ1n) is 12.5. The quantitative estimate of drug-likeness (QED) is 0.342. The van der Waals surface area contributed by atoms with E-state index in [-0.39, 0.29) is 11.0 Å². The number of nitrogens with one attached hydrogen (secondary N) is 2. The maximum atomic E-state index is 13.3. The molecule has 2 N–H and O–H groups in total. The molecule has 7 rings (SSSR count). The molecule has 0 atom stereocenters. The lowest BCUT2D eigenvalue weighted by atomic mass is 9.95. The second-order valence-electron chi connectivity index (χ2n) is 10.7. The number of para-hydroxylation sites is 1. The molecule has 38 heavy (non-hydrogen) atoms. The van der Waals surface area contributed by atoms with Crippen molar-refractivity contribution in [3.8, 4) is 0 Å². The molecule has 0 saturated carbocycles. The van der Waals surface area contributed by atoms with Crippen molar-refractivity contribution in [1.29, 1.82) is 0 Å². The monoisotopic (exact) mass is 523 g/mol. The van der Waals surface area contributed by atoms with E-state index in [1.165, 1.54) is 11.3 Å². The molecule has 0 bridgehead atoms. The number of aromatic nitrogens is 5. The van der Waals surface area contributed by atoms with E-state index in [4.69, 9.17) is 15.0 Å². The predicted octanol–water partition coefficient (Wildman–Crippen LogP) is 4.25. The van der Waals surface area contributed by atoms with Crippen LogP contribution in [0.25, 0.3) is 32.3 Å². The molecule has 2 aliphatic rings. The highest BCUT2D eigenvalue weighted by Crippen LogP contribution is 2.39. The van der Waals surface area contributed by atoms with E-state index in [2.05, 4.69) is 40.5 Å². The molecule has 0 saturated heterocycles. The number of thiophene rings is 1. The van der Waals surface area contributed by atoms with E-state index in [1.54, 1.807) is 6.20 Å². The zero-order chi connectivity index (χ0) is 26.2. The Hall–Kier alpha value is -4.31. The summed E-state index contributed by atoms with van der Waals surface area (Å²) in [6.45, 7) is 8.57. The van der Waals surface area contributed by atoms with Crippen molar-refractivity contribution in [3.05, 3.63) is 70.9 Å². The summed E-state index contributed by atoms with van der Waals surface area (Å²) in [5.74, 6) is 0.727. The average Bonchev–Trinajstić information content (AvgIpc) is 3.66. The van der Waals surface area contributed by atoms with Gasteiger partial charge in [-0.2, -0.15) is 0 Å². The Morgan fingerprint density at radius 3 is 2.66 bits per heavy atom. The highest BCUT2D eigenvalue weighted by atomic mass is 32.1. The van der Waals surface area contributed by atoms with Gasteiger partial charge >= 0.3 is 0 Å². The molecule has 0 unspecified atom stereocenters. The highest BCUT2D eigenvalue weighted by molar-refractivity contribution is 7.17. The number of amides is 2. The van der Waals surface area contributed by atoms with Gasteiger partial charge in [0.05, 0.1) is 51.0 Å². The minimum Gasteiger partial charge on any atom is -0.360 e. The largest absolute Gasteiger partial charge is 0.360 e. The normalized spacial score (nSPS) is 16.1. The van der Waals surface area contributed by atoms with Gasteiger partial charge in [0, 0.05) is 35.7 Å². The molecule has 2 amide bonds. The van der Waals surface area contributed by atoms with Crippen LogP contribution in [0, 0.1) is 0 Å². The SMILES string of the molecule is CC(C)(C)c1ncc2n1CCN(c1nc(C3=C(c4c[nH]c5ccsc45)C(=O)NC3=O)c3ccccc3n1)C2. The van der Waals surface area contributed by atoms with Crippen LogP contribution in [0.4, 0.5) is 5.95 Å². The lowest BCUT2D eigenvalue weighted by Crippen LogP contribution is -2.36. The minimum absolute atomic E-state index is 0.0511. The predicted molar refractivity (Wildman–Crippen MR) is 148 cm³/mol. The second kappa shape index (κ2) is 8.09. The minimum atomic E-state index is -0.447. The van der Waals surface area contributed by atoms with Gasteiger partial charge in [0.25, 0.3) is 11.8 Å². The fourth-order valence-electron chi connectivity index (χ4n) is 5.42. The molecule has 6 heterocycles. The Balaban J connectivity index is 1.39. The van der Waals surface area contributed by atoms with E-state index in [9.17, 15) is 9.59 Å². The van der Waals surface area contributed by atoms with Gasteiger partial charge in [-0.1, -0.05) is 39.0 Å². The number of imide groups is 1. The van der Waals surface area contributed by atoms with Gasteiger partial charge in [0.1, 0.15) is 5.82 Å². The number of imidazole rings is 1. The number of fused-ring (bicyclic) bond motifs is 3. The van der Waals surface area contributed by atoms with Crippen molar-refractivity contribution in [2.75, 3.05) is 11.4 Å². The highest BCUT2D eigenvalue weighted by Gasteiger charge is 2.36. The van der Waals surface area contributed by atoms with Crippen LogP contribution in [0.15, 0.2) is 48.1 Å². The van der Waals surface area contributed by atoms with Gasteiger partial charge in [-0.15, -0.1) is 11.3 Å². The molecule has 1 aromatic carbocycles. The van der Waals surface area contributed by atoms with Crippen LogP contribution in [0.1, 0.15) is 43.5 Å². The number of hydrogen-bond donors (Lipinski definition) is 2. The van der Waals surface area contributed by atoms with Gasteiger partial charge in [-0.3, -0.25) is 14.9 Å². The lowest BCUT2D eigenvalue weighted by Gasteiger charge is -2.31. The summed E-state index contributed by atoms with van der Waals surface area (Å²) in [7, 11) is 0. The first-order valence-corrected chi connectivity index (χ1v) is 13.4. The third-order valence-corrected chi connectivity index (χ3v) is 8.10. The molecule has 9 nitrogen and oxygen atoms in total. The number of carbonyl (C=O) groups excluding carboxylic acids is 2. The molecule has 0 aliphatic carbocycles. The van der Waals surface area contributed by atoms with Crippen LogP contribution >= 0.6 is 11.3 Å². The maximum absolute atomic E-state index is 13.3. The molecule has 2 aliphatic heterocycles. The smallest absolute Gasteiger partial charge is 0.261 e. The fraction of sp³-hybridized carbons (Fsp3) is 0.250. The van der Waals surface area contributed by atoms with Crippen molar-refractivity contribution in [2.45, 2.75) is 39.3 Å². The van der Waals surface area contributed by atoms with Gasteiger partial charge in [0.2, 0.25) is 5.95 Å². The first-order chi connectivity index (χ1) is 18.3. The third-order valence-electron chi connectivity index (χ3n) is 7.15. The number of H-pyrrole nitrogens is 1. The van der Waals surface area contributed by atoms with Crippen molar-refractivity contribution in [1.82, 2.24) is 29.8 Å². The van der Waals surface area contributed by atoms with Crippen LogP contribution in [0.5, 0.6) is 0 Å². The fourth-order valence-corrected chi connectivity index (χ4v) is 6.30. The number of aromatic amines is 1. The van der Waals surface area contributed by atoms with E-state index >= 15 is 0 Å². The molecule has 0 fully saturated rings. The summed E-state index contributed by atoms with van der Waals surface area (Å²) >= 11 is 1.53. The standard InChI is InChI=1S/C28H25N7O2S/c1-28(2,3)26-30-12-15-14-34(9-10-35(15)26)27-31-18-7-5-4-6-16(18)22(32-27)21-20(24(36)33-25(21)37)17-13-29-19-8-11-38-23(17)19/h4-8,11-13,29H,9-10,14H2,1-3H3,(H,33,36,37). The molecule has 5 aromatic rings. The lowest BCUT2D eigenvalue weighted by molar-refractivity contribution is -0.122. The molecule has 0 radical (unpaired) electrons. The average molecular weight is 524 g/mol. The topological polar surface area (TPSA) is 109 Å². The Morgan fingerprint density at radius 2 is 1.82 bits per heavy atom. The summed E-state index contributed by atoms with van der Waals surface area (Å²) < 4.78 is 3.21. The molecule has 190 valence electrons. The number of anilines is 1. The van der Waals surface area contributed by atoms with Gasteiger partial charge < -0.3 is 14.5 Å². The van der Waals surface area contributed by atoms with Gasteiger partial charge in [-0.05, 0) is 17.5 Å². The van der Waals surface area contributed by atoms with E-state index in [1.807, 2.05) is 41.9 Å². The Morgan fingerprint density at radius 1 is 1.00 bits per heavy atom. The molecular weight excluding hydrogens is 498 g/mol. The number of rotatable bonds is 3. The number of benzene rings is 1. The third kappa shape index (κ3) is 3.40.